The normalized spacial score (nSPS) is 12.2. The molecular weight excluding hydrogens is 420 g/mol. The lowest BCUT2D eigenvalue weighted by molar-refractivity contribution is 0.282. The molecule has 0 atom stereocenters. The fraction of sp³-hybridized carbons (Fsp3) is 0.308. The Labute approximate surface area is 184 Å². The summed E-state index contributed by atoms with van der Waals surface area (Å²) in [4.78, 5) is 0. The molecule has 0 spiro atoms. The van der Waals surface area contributed by atoms with Gasteiger partial charge >= 0.3 is 0 Å². The van der Waals surface area contributed by atoms with Crippen molar-refractivity contribution in [3.63, 3.8) is 0 Å². The molecule has 1 aliphatic heterocycles. The fourth-order valence-electron chi connectivity index (χ4n) is 3.97. The van der Waals surface area contributed by atoms with Gasteiger partial charge in [0.15, 0.2) is 23.1 Å². The van der Waals surface area contributed by atoms with Crippen LogP contribution in [0.3, 0.4) is 0 Å². The summed E-state index contributed by atoms with van der Waals surface area (Å²) in [6.07, 6.45) is 2.78. The van der Waals surface area contributed by atoms with Crippen LogP contribution in [0.1, 0.15) is 54.5 Å². The Kier molecular flexibility index (Phi) is 6.40. The molecular formula is C26H24F4O2. The van der Waals surface area contributed by atoms with E-state index in [0.717, 1.165) is 6.42 Å². The molecule has 1 heterocycles. The van der Waals surface area contributed by atoms with Crippen molar-refractivity contribution in [3.05, 3.63) is 87.5 Å². The van der Waals surface area contributed by atoms with Crippen molar-refractivity contribution in [2.45, 2.75) is 52.6 Å². The third kappa shape index (κ3) is 4.18. The van der Waals surface area contributed by atoms with Crippen molar-refractivity contribution in [2.75, 3.05) is 0 Å². The third-order valence-corrected chi connectivity index (χ3v) is 5.59. The molecule has 1 aliphatic rings. The fourth-order valence-corrected chi connectivity index (χ4v) is 3.97. The second kappa shape index (κ2) is 9.23. The van der Waals surface area contributed by atoms with Gasteiger partial charge in [-0.3, -0.25) is 0 Å². The first-order valence-electron chi connectivity index (χ1n) is 10.8. The molecule has 0 aromatic heterocycles. The Bertz CT molecular complexity index is 1160. The molecule has 3 aromatic rings. The van der Waals surface area contributed by atoms with Crippen LogP contribution in [0.15, 0.2) is 36.4 Å². The molecule has 3 aromatic carbocycles. The summed E-state index contributed by atoms with van der Waals surface area (Å²) in [7, 11) is 0. The van der Waals surface area contributed by atoms with Gasteiger partial charge in [0.05, 0.1) is 0 Å². The quantitative estimate of drug-likeness (QED) is 0.276. The van der Waals surface area contributed by atoms with Crippen LogP contribution >= 0.6 is 0 Å². The topological polar surface area (TPSA) is 18.5 Å². The molecule has 0 aliphatic carbocycles. The summed E-state index contributed by atoms with van der Waals surface area (Å²) in [6, 6.07) is 9.51. The lowest BCUT2D eigenvalue weighted by Gasteiger charge is -2.23. The highest BCUT2D eigenvalue weighted by atomic mass is 19.2. The van der Waals surface area contributed by atoms with E-state index in [1.54, 1.807) is 24.3 Å². The maximum absolute atomic E-state index is 15.1. The van der Waals surface area contributed by atoms with Gasteiger partial charge in [-0.25, -0.2) is 8.78 Å². The summed E-state index contributed by atoms with van der Waals surface area (Å²) in [6.45, 7) is 3.81. The van der Waals surface area contributed by atoms with Gasteiger partial charge in [0.2, 0.25) is 11.6 Å². The number of fused-ring (bicyclic) bond motifs is 2. The first-order chi connectivity index (χ1) is 15.4. The van der Waals surface area contributed by atoms with E-state index in [2.05, 4.69) is 0 Å². The molecule has 0 unspecified atom stereocenters. The molecule has 0 radical (unpaired) electrons. The van der Waals surface area contributed by atoms with Gasteiger partial charge < -0.3 is 9.47 Å². The molecule has 0 amide bonds. The minimum Gasteiger partial charge on any atom is -0.486 e. The zero-order valence-corrected chi connectivity index (χ0v) is 18.0. The highest BCUT2D eigenvalue weighted by molar-refractivity contribution is 5.54. The van der Waals surface area contributed by atoms with Gasteiger partial charge in [-0.2, -0.15) is 8.78 Å². The standard InChI is InChI=1S/C26H24F4O2/c1-3-5-16-8-7-15(11-20(16)27)14-31-21-10-9-18-13-19-12-17(6-4-2)22(28)24(30)26(19)32-25(18)23(21)29/h7-12H,3-6,13-14H2,1-2H3. The molecule has 32 heavy (non-hydrogen) atoms. The molecule has 168 valence electrons. The predicted molar refractivity (Wildman–Crippen MR) is 114 cm³/mol. The number of aryl methyl sites for hydroxylation is 2. The van der Waals surface area contributed by atoms with Crippen LogP contribution in [0.5, 0.6) is 17.2 Å². The average Bonchev–Trinajstić information content (AvgIpc) is 2.78. The smallest absolute Gasteiger partial charge is 0.207 e. The van der Waals surface area contributed by atoms with Gasteiger partial charge in [0.25, 0.3) is 0 Å². The van der Waals surface area contributed by atoms with Crippen molar-refractivity contribution in [2.24, 2.45) is 0 Å². The zero-order chi connectivity index (χ0) is 22.8. The Morgan fingerprint density at radius 2 is 1.50 bits per heavy atom. The monoisotopic (exact) mass is 444 g/mol. The second-order valence-corrected chi connectivity index (χ2v) is 8.01. The lowest BCUT2D eigenvalue weighted by atomic mass is 9.96. The van der Waals surface area contributed by atoms with E-state index in [1.165, 1.54) is 12.1 Å². The highest BCUT2D eigenvalue weighted by Gasteiger charge is 2.28. The van der Waals surface area contributed by atoms with Gasteiger partial charge in [0.1, 0.15) is 12.4 Å². The van der Waals surface area contributed by atoms with Gasteiger partial charge in [0, 0.05) is 17.5 Å². The second-order valence-electron chi connectivity index (χ2n) is 8.01. The molecule has 0 saturated heterocycles. The van der Waals surface area contributed by atoms with Crippen molar-refractivity contribution in [1.29, 1.82) is 0 Å². The van der Waals surface area contributed by atoms with Gasteiger partial charge in [-0.05, 0) is 47.7 Å². The van der Waals surface area contributed by atoms with E-state index >= 15 is 4.39 Å². The lowest BCUT2D eigenvalue weighted by Crippen LogP contribution is -2.10. The van der Waals surface area contributed by atoms with E-state index in [0.29, 0.717) is 41.5 Å². The van der Waals surface area contributed by atoms with Crippen molar-refractivity contribution in [1.82, 2.24) is 0 Å². The first kappa shape index (κ1) is 22.2. The zero-order valence-electron chi connectivity index (χ0n) is 18.0. The average molecular weight is 444 g/mol. The molecule has 0 bridgehead atoms. The van der Waals surface area contributed by atoms with E-state index in [4.69, 9.17) is 9.47 Å². The Hall–Kier alpha value is -3.02. The molecule has 6 heteroatoms. The third-order valence-electron chi connectivity index (χ3n) is 5.59. The number of rotatable bonds is 7. The molecule has 0 fully saturated rings. The minimum atomic E-state index is -1.11. The molecule has 0 N–H and O–H groups in total. The van der Waals surface area contributed by atoms with Crippen molar-refractivity contribution < 1.29 is 27.0 Å². The Morgan fingerprint density at radius 1 is 0.781 bits per heavy atom. The summed E-state index contributed by atoms with van der Waals surface area (Å²) < 4.78 is 69.2. The SMILES string of the molecule is CCCc1ccc(COc2ccc3c(c2F)Oc2c(cc(CCC)c(F)c2F)C3)cc1F. The summed E-state index contributed by atoms with van der Waals surface area (Å²) in [5.41, 5.74) is 2.47. The largest absolute Gasteiger partial charge is 0.486 e. The number of hydrogen-bond acceptors (Lipinski definition) is 2. The van der Waals surface area contributed by atoms with Crippen molar-refractivity contribution >= 4 is 0 Å². The minimum absolute atomic E-state index is 0.0427. The number of halogens is 4. The van der Waals surface area contributed by atoms with Crippen LogP contribution in [0.2, 0.25) is 0 Å². The summed E-state index contributed by atoms with van der Waals surface area (Å²) in [5, 5.41) is 0. The Morgan fingerprint density at radius 3 is 2.22 bits per heavy atom. The Balaban J connectivity index is 1.56. The van der Waals surface area contributed by atoms with E-state index in [-0.39, 0.29) is 41.7 Å². The molecule has 0 saturated carbocycles. The van der Waals surface area contributed by atoms with Crippen LogP contribution in [-0.2, 0) is 25.9 Å². The molecule has 4 rings (SSSR count). The molecule has 2 nitrogen and oxygen atoms in total. The maximum atomic E-state index is 15.1. The van der Waals surface area contributed by atoms with Crippen LogP contribution in [-0.4, -0.2) is 0 Å². The van der Waals surface area contributed by atoms with Crippen LogP contribution in [0.4, 0.5) is 17.6 Å². The number of benzene rings is 3. The number of hydrogen-bond donors (Lipinski definition) is 0. The first-order valence-corrected chi connectivity index (χ1v) is 10.8. The van der Waals surface area contributed by atoms with Gasteiger partial charge in [-0.1, -0.05) is 44.9 Å². The summed E-state index contributed by atoms with van der Waals surface area (Å²) >= 11 is 0. The highest BCUT2D eigenvalue weighted by Crippen LogP contribution is 2.43. The van der Waals surface area contributed by atoms with Gasteiger partial charge in [-0.15, -0.1) is 0 Å². The number of ether oxygens (including phenoxy) is 2. The van der Waals surface area contributed by atoms with Crippen LogP contribution in [0, 0.1) is 23.3 Å². The van der Waals surface area contributed by atoms with E-state index < -0.39 is 17.5 Å². The van der Waals surface area contributed by atoms with Crippen molar-refractivity contribution in [3.8, 4) is 17.2 Å². The van der Waals surface area contributed by atoms with E-state index in [9.17, 15) is 13.2 Å². The van der Waals surface area contributed by atoms with E-state index in [1.807, 2.05) is 13.8 Å². The summed E-state index contributed by atoms with van der Waals surface area (Å²) in [5.74, 6) is -3.76. The maximum Gasteiger partial charge on any atom is 0.207 e. The van der Waals surface area contributed by atoms with Crippen LogP contribution in [0.25, 0.3) is 0 Å². The van der Waals surface area contributed by atoms with Crippen LogP contribution < -0.4 is 9.47 Å². The predicted octanol–water partition coefficient (Wildman–Crippen LogP) is 7.42.